The Labute approximate surface area is 462 Å². The van der Waals surface area contributed by atoms with Crippen LogP contribution >= 0.6 is 0 Å². The molecular weight excluding hydrogens is 1030 g/mol. The highest BCUT2D eigenvalue weighted by atomic mass is 16.7. The summed E-state index contributed by atoms with van der Waals surface area (Å²) in [5, 5.41) is 130. The van der Waals surface area contributed by atoms with Gasteiger partial charge >= 0.3 is 11.9 Å². The number of esters is 1. The summed E-state index contributed by atoms with van der Waals surface area (Å²) in [4.78, 5) is 38.7. The summed E-state index contributed by atoms with van der Waals surface area (Å²) in [5.74, 6) is -7.07. The third-order valence-electron chi connectivity index (χ3n) is 14.3. The first-order valence-electron chi connectivity index (χ1n) is 27.1. The number of nitrogens with two attached hydrogens (primary N) is 2. The molecule has 79 heavy (non-hydrogen) atoms. The number of cyclic esters (lactones) is 1. The van der Waals surface area contributed by atoms with Crippen LogP contribution in [-0.2, 0) is 28.5 Å². The van der Waals surface area contributed by atoms with Crippen LogP contribution in [0.5, 0.6) is 0 Å². The summed E-state index contributed by atoms with van der Waals surface area (Å²) in [6, 6.07) is 5.24. The van der Waals surface area contributed by atoms with Crippen LogP contribution in [0.15, 0.2) is 109 Å². The van der Waals surface area contributed by atoms with Gasteiger partial charge in [-0.1, -0.05) is 98.9 Å². The van der Waals surface area contributed by atoms with Gasteiger partial charge in [0, 0.05) is 42.9 Å². The minimum Gasteiger partial charge on any atom is -0.481 e. The van der Waals surface area contributed by atoms with Crippen LogP contribution in [0.4, 0.5) is 5.69 Å². The molecule has 0 amide bonds. The van der Waals surface area contributed by atoms with Crippen molar-refractivity contribution >= 4 is 23.4 Å². The highest BCUT2D eigenvalue weighted by Gasteiger charge is 2.51. The Kier molecular flexibility index (Phi) is 28.0. The van der Waals surface area contributed by atoms with Crippen LogP contribution in [0.25, 0.3) is 0 Å². The third kappa shape index (κ3) is 23.3. The molecule has 2 bridgehead atoms. The second-order valence-corrected chi connectivity index (χ2v) is 21.4. The maximum atomic E-state index is 13.3. The van der Waals surface area contributed by atoms with Gasteiger partial charge in [-0.15, -0.1) is 0 Å². The van der Waals surface area contributed by atoms with Crippen molar-refractivity contribution < 1.29 is 94.6 Å². The van der Waals surface area contributed by atoms with Crippen LogP contribution < -0.4 is 11.5 Å². The van der Waals surface area contributed by atoms with E-state index in [9.17, 15) is 75.7 Å². The second-order valence-electron chi connectivity index (χ2n) is 21.4. The predicted molar refractivity (Wildman–Crippen MR) is 291 cm³/mol. The summed E-state index contributed by atoms with van der Waals surface area (Å²) >= 11 is 0. The summed E-state index contributed by atoms with van der Waals surface area (Å²) in [5.41, 5.74) is 12.7. The number of allylic oxidation sites excluding steroid dienone is 12. The zero-order valence-electron chi connectivity index (χ0n) is 45.2. The molecule has 0 radical (unpaired) electrons. The van der Waals surface area contributed by atoms with E-state index < -0.39 is 147 Å². The van der Waals surface area contributed by atoms with Gasteiger partial charge in [0.25, 0.3) is 0 Å². The maximum absolute atomic E-state index is 13.3. The van der Waals surface area contributed by atoms with Crippen molar-refractivity contribution in [3.05, 3.63) is 115 Å². The topological polar surface area (TPSA) is 383 Å². The molecule has 16 N–H and O–H groups in total. The minimum absolute atomic E-state index is 0.120. The molecule has 4 rings (SSSR count). The third-order valence-corrected chi connectivity index (χ3v) is 14.3. The zero-order valence-corrected chi connectivity index (χ0v) is 45.2. The van der Waals surface area contributed by atoms with Crippen molar-refractivity contribution in [2.75, 3.05) is 5.73 Å². The monoisotopic (exact) mass is 1110 g/mol. The van der Waals surface area contributed by atoms with E-state index in [1.165, 1.54) is 13.0 Å². The molecule has 2 saturated heterocycles. The van der Waals surface area contributed by atoms with Gasteiger partial charge in [0.05, 0.1) is 85.7 Å². The van der Waals surface area contributed by atoms with Gasteiger partial charge in [0.2, 0.25) is 0 Å². The van der Waals surface area contributed by atoms with Gasteiger partial charge in [0.15, 0.2) is 17.9 Å². The van der Waals surface area contributed by atoms with Crippen molar-refractivity contribution in [2.45, 2.75) is 201 Å². The average Bonchev–Trinajstić information content (AvgIpc) is 3.38. The Morgan fingerprint density at radius 3 is 1.75 bits per heavy atom. The quantitative estimate of drug-likeness (QED) is 0.0906. The molecule has 0 aromatic heterocycles. The van der Waals surface area contributed by atoms with Crippen LogP contribution in [0.2, 0.25) is 0 Å². The molecule has 20 atom stereocenters. The molecular formula is C58H86N2O19. The summed E-state index contributed by atoms with van der Waals surface area (Å²) in [6.45, 7) is 5.23. The van der Waals surface area contributed by atoms with E-state index in [2.05, 4.69) is 0 Å². The lowest BCUT2D eigenvalue weighted by molar-refractivity contribution is -0.308. The lowest BCUT2D eigenvalue weighted by Gasteiger charge is -2.45. The van der Waals surface area contributed by atoms with Crippen molar-refractivity contribution in [3.63, 3.8) is 0 Å². The van der Waals surface area contributed by atoms with E-state index in [0.29, 0.717) is 17.7 Å². The number of Topliss-reactive ketones (excluding diaryl/α,β-unsaturated/α-hetero) is 1. The number of aliphatic carboxylic acids is 1. The SMILES string of the molecule is C[C@H](CC[C@H](O)CC(=O)c1ccc(N)cc1)[C@H]1OC(=O)C[C@H](O)C[C@H](O)C[C@@H](O)C[C@H](O)C[C@@H](O)C[C@@H](O)C[C@]2(O)C[C@H](O)[C@H](C(=O)O)[C@@H](C[C@@H](O[C@H]3O[C@@H](C)[C@H](O)[C@@H](N)[C@@H]3O)C=CC=CC=CC=CC=CC=CC=C[C@@H]1C)O2. The fraction of sp³-hybridized carbons (Fsp3) is 0.603. The van der Waals surface area contributed by atoms with Crippen molar-refractivity contribution in [1.82, 2.24) is 0 Å². The lowest BCUT2D eigenvalue weighted by Crippen LogP contribution is -2.61. The first-order valence-corrected chi connectivity index (χ1v) is 27.1. The fourth-order valence-electron chi connectivity index (χ4n) is 10.0. The van der Waals surface area contributed by atoms with Crippen LogP contribution in [0.1, 0.15) is 108 Å². The molecule has 0 saturated carbocycles. The van der Waals surface area contributed by atoms with Gasteiger partial charge in [0.1, 0.15) is 18.1 Å². The Morgan fingerprint density at radius 2 is 1.20 bits per heavy atom. The molecule has 21 nitrogen and oxygen atoms in total. The maximum Gasteiger partial charge on any atom is 0.311 e. The number of carbonyl (C=O) groups excluding carboxylic acids is 2. The first kappa shape index (κ1) is 66.7. The van der Waals surface area contributed by atoms with E-state index in [4.69, 9.17) is 30.4 Å². The smallest absolute Gasteiger partial charge is 0.311 e. The van der Waals surface area contributed by atoms with Crippen molar-refractivity contribution in [1.29, 1.82) is 0 Å². The number of aliphatic hydroxyl groups excluding tert-OH is 10. The molecule has 442 valence electrons. The number of benzene rings is 1. The summed E-state index contributed by atoms with van der Waals surface area (Å²) in [7, 11) is 0. The summed E-state index contributed by atoms with van der Waals surface area (Å²) < 4.78 is 23.7. The number of aliphatic hydroxyl groups is 11. The summed E-state index contributed by atoms with van der Waals surface area (Å²) in [6.07, 6.45) is 1.42. The molecule has 3 aliphatic heterocycles. The van der Waals surface area contributed by atoms with E-state index in [0.717, 1.165) is 0 Å². The number of anilines is 1. The molecule has 1 aromatic carbocycles. The minimum atomic E-state index is -2.33. The molecule has 0 unspecified atom stereocenters. The van der Waals surface area contributed by atoms with Crippen LogP contribution in [0.3, 0.4) is 0 Å². The van der Waals surface area contributed by atoms with Crippen molar-refractivity contribution in [3.8, 4) is 0 Å². The Hall–Kier alpha value is -4.79. The van der Waals surface area contributed by atoms with E-state index in [-0.39, 0.29) is 62.6 Å². The number of carboxylic acid groups (broad SMARTS) is 1. The second kappa shape index (κ2) is 33.2. The van der Waals surface area contributed by atoms with Gasteiger partial charge in [-0.2, -0.15) is 0 Å². The standard InChI is InChI=1S/C58H86N2O19/c1-34-16-14-12-10-8-6-4-5-7-9-11-13-15-17-46(77-57-54(72)52(60)53(71)36(3)76-57)31-49-51(56(73)74)48(69)33-58(75,79-49)32-45(67)28-43(65)26-41(63)24-40(62)25-42(64)27-44(66)30-50(70)78-55(34)35(2)18-23-39(61)29-47(68)37-19-21-38(59)22-20-37/h4-17,19-22,34-36,39-46,48-49,51-55,57,61-67,69,71-72,75H,18,23-33,59-60H2,1-3H3,(H,73,74)/t34-,35+,36-,39-,40-,41-,42+,43+,44+,45+,46-,48-,49+,51-,52+,53-,54-,55-,57+,58+/m0/s1. The predicted octanol–water partition coefficient (Wildman–Crippen LogP) is 2.08. The van der Waals surface area contributed by atoms with Gasteiger partial charge in [-0.25, -0.2) is 0 Å². The number of ether oxygens (including phenoxy) is 4. The van der Waals surface area contributed by atoms with Gasteiger partial charge in [-0.3, -0.25) is 14.4 Å². The molecule has 3 heterocycles. The number of ketones is 1. The average molecular weight is 1120 g/mol. The molecule has 0 aliphatic carbocycles. The number of rotatable bonds is 10. The van der Waals surface area contributed by atoms with Gasteiger partial charge in [-0.05, 0) is 82.1 Å². The normalized spacial score (nSPS) is 36.5. The van der Waals surface area contributed by atoms with E-state index in [1.807, 2.05) is 19.9 Å². The number of carboxylic acids is 1. The van der Waals surface area contributed by atoms with Crippen LogP contribution in [0, 0.1) is 17.8 Å². The van der Waals surface area contributed by atoms with E-state index >= 15 is 0 Å². The number of fused-ring (bicyclic) bond motifs is 2. The Bertz CT molecular complexity index is 2240. The lowest BCUT2D eigenvalue weighted by atomic mass is 9.82. The largest absolute Gasteiger partial charge is 0.481 e. The molecule has 1 aromatic rings. The molecule has 21 heteroatoms. The van der Waals surface area contributed by atoms with Crippen molar-refractivity contribution in [2.24, 2.45) is 23.5 Å². The molecule has 2 fully saturated rings. The fourth-order valence-corrected chi connectivity index (χ4v) is 10.0. The highest BCUT2D eigenvalue weighted by Crippen LogP contribution is 2.38. The number of nitrogen functional groups attached to an aromatic ring is 1. The number of hydrogen-bond donors (Lipinski definition) is 14. The van der Waals surface area contributed by atoms with Gasteiger partial charge < -0.3 is 91.7 Å². The molecule has 3 aliphatic rings. The Morgan fingerprint density at radius 1 is 0.696 bits per heavy atom. The number of carbonyl (C=O) groups is 3. The van der Waals surface area contributed by atoms with Crippen LogP contribution in [-0.4, -0.2) is 183 Å². The molecule has 0 spiro atoms. The zero-order chi connectivity index (χ0) is 58.4. The van der Waals surface area contributed by atoms with E-state index in [1.54, 1.807) is 97.2 Å². The number of hydrogen-bond acceptors (Lipinski definition) is 20. The highest BCUT2D eigenvalue weighted by molar-refractivity contribution is 5.96. The first-order chi connectivity index (χ1) is 37.3. The Balaban J connectivity index is 1.54.